The van der Waals surface area contributed by atoms with Crippen LogP contribution in [0.15, 0.2) is 33.2 Å². The number of ether oxygens (including phenoxy) is 1. The van der Waals surface area contributed by atoms with Crippen LogP contribution in [0.4, 0.5) is 11.5 Å². The smallest absolute Gasteiger partial charge is 0.135 e. The van der Waals surface area contributed by atoms with Gasteiger partial charge in [-0.05, 0) is 57.0 Å². The number of nitrogens with two attached hydrogens (primary N) is 1. The number of hydrogen-bond donors (Lipinski definition) is 2. The maximum absolute atomic E-state index is 5.68. The lowest BCUT2D eigenvalue weighted by Gasteiger charge is -2.12. The van der Waals surface area contributed by atoms with E-state index in [-0.39, 0.29) is 0 Å². The van der Waals surface area contributed by atoms with Crippen LogP contribution in [0.5, 0.6) is 5.75 Å². The molecule has 0 fully saturated rings. The van der Waals surface area contributed by atoms with Gasteiger partial charge in [0.2, 0.25) is 0 Å². The van der Waals surface area contributed by atoms with E-state index in [1.165, 1.54) is 0 Å². The molecule has 4 nitrogen and oxygen atoms in total. The third-order valence-electron chi connectivity index (χ3n) is 2.74. The Labute approximate surface area is 145 Å². The molecule has 3 N–H and O–H groups in total. The van der Waals surface area contributed by atoms with Crippen molar-refractivity contribution < 1.29 is 4.74 Å². The van der Waals surface area contributed by atoms with E-state index in [4.69, 9.17) is 22.7 Å². The Morgan fingerprint density at radius 2 is 1.95 bits per heavy atom. The van der Waals surface area contributed by atoms with Crippen LogP contribution in [0.2, 0.25) is 0 Å². The van der Waals surface area contributed by atoms with E-state index >= 15 is 0 Å². The lowest BCUT2D eigenvalue weighted by molar-refractivity contribution is 0.412. The molecule has 21 heavy (non-hydrogen) atoms. The summed E-state index contributed by atoms with van der Waals surface area (Å²) >= 11 is 12.0. The summed E-state index contributed by atoms with van der Waals surface area (Å²) < 4.78 is 7.04. The maximum atomic E-state index is 5.68. The number of aromatic nitrogens is 1. The first-order valence-corrected chi connectivity index (χ1v) is 7.98. The van der Waals surface area contributed by atoms with Gasteiger partial charge in [0.05, 0.1) is 17.3 Å². The van der Waals surface area contributed by atoms with Crippen LogP contribution in [-0.2, 0) is 0 Å². The number of rotatable bonds is 4. The van der Waals surface area contributed by atoms with Crippen molar-refractivity contribution in [2.75, 3.05) is 12.4 Å². The number of nitrogens with zero attached hydrogens (tertiary/aromatic N) is 1. The molecule has 1 heterocycles. The topological polar surface area (TPSA) is 60.2 Å². The molecule has 0 atom stereocenters. The van der Waals surface area contributed by atoms with Crippen molar-refractivity contribution in [1.82, 2.24) is 4.98 Å². The Balaban J connectivity index is 2.40. The van der Waals surface area contributed by atoms with E-state index in [9.17, 15) is 0 Å². The molecule has 7 heteroatoms. The van der Waals surface area contributed by atoms with Gasteiger partial charge in [-0.15, -0.1) is 0 Å². The highest BCUT2D eigenvalue weighted by molar-refractivity contribution is 9.11. The molecule has 1 aromatic heterocycles. The molecule has 0 bridgehead atoms. The number of nitrogens with one attached hydrogen (secondary N) is 1. The highest BCUT2D eigenvalue weighted by Gasteiger charge is 2.09. The fourth-order valence-corrected chi connectivity index (χ4v) is 3.17. The predicted molar refractivity (Wildman–Crippen MR) is 96.5 cm³/mol. The first kappa shape index (κ1) is 16.2. The molecule has 0 spiro atoms. The fraction of sp³-hybridized carbons (Fsp3) is 0.143. The lowest BCUT2D eigenvalue weighted by atomic mass is 10.2. The normalized spacial score (nSPS) is 10.3. The second-order valence-electron chi connectivity index (χ2n) is 4.34. The molecule has 0 saturated carbocycles. The molecule has 2 rings (SSSR count). The van der Waals surface area contributed by atoms with Crippen molar-refractivity contribution >= 4 is 60.6 Å². The van der Waals surface area contributed by atoms with Crippen LogP contribution >= 0.6 is 44.1 Å². The number of methoxy groups -OCH3 is 1. The van der Waals surface area contributed by atoms with Gasteiger partial charge in [0, 0.05) is 21.8 Å². The van der Waals surface area contributed by atoms with Crippen LogP contribution in [-0.4, -0.2) is 17.1 Å². The summed E-state index contributed by atoms with van der Waals surface area (Å²) in [5.74, 6) is 1.39. The molecule has 0 amide bonds. The van der Waals surface area contributed by atoms with E-state index in [1.807, 2.05) is 31.2 Å². The Kier molecular flexibility index (Phi) is 5.18. The summed E-state index contributed by atoms with van der Waals surface area (Å²) in [6.45, 7) is 1.89. The minimum atomic E-state index is 0.344. The van der Waals surface area contributed by atoms with Crippen molar-refractivity contribution in [3.05, 3.63) is 44.5 Å². The molecule has 0 unspecified atom stereocenters. The fourth-order valence-electron chi connectivity index (χ4n) is 1.79. The number of hydrogen-bond acceptors (Lipinski definition) is 4. The van der Waals surface area contributed by atoms with Crippen molar-refractivity contribution in [3.63, 3.8) is 0 Å². The highest BCUT2D eigenvalue weighted by atomic mass is 79.9. The number of pyridine rings is 1. The zero-order chi connectivity index (χ0) is 15.6. The van der Waals surface area contributed by atoms with Gasteiger partial charge in [0.1, 0.15) is 16.6 Å². The second kappa shape index (κ2) is 6.72. The minimum absolute atomic E-state index is 0.344. The first-order chi connectivity index (χ1) is 9.90. The third kappa shape index (κ3) is 3.93. The largest absolute Gasteiger partial charge is 0.495 e. The summed E-state index contributed by atoms with van der Waals surface area (Å²) in [5.41, 5.74) is 8.13. The molecule has 0 aliphatic heterocycles. The molecule has 0 aliphatic carbocycles. The van der Waals surface area contributed by atoms with Crippen LogP contribution in [0.1, 0.15) is 11.3 Å². The Hall–Kier alpha value is -1.18. The lowest BCUT2D eigenvalue weighted by Crippen LogP contribution is -2.10. The molecule has 2 aromatic rings. The SMILES string of the molecule is COc1cc(Nc2cc(C(N)=S)cc(C)n2)c(Br)cc1Br. The standard InChI is InChI=1S/C14H13Br2N3OS/c1-7-3-8(14(17)21)4-13(18-7)19-11-6-12(20-2)10(16)5-9(11)15/h3-6H,1-2H3,(H2,17,21)(H,18,19). The van der Waals surface area contributed by atoms with Crippen molar-refractivity contribution in [2.24, 2.45) is 5.73 Å². The van der Waals surface area contributed by atoms with Crippen LogP contribution in [0.25, 0.3) is 0 Å². The molecule has 0 radical (unpaired) electrons. The Morgan fingerprint density at radius 3 is 2.57 bits per heavy atom. The summed E-state index contributed by atoms with van der Waals surface area (Å²) in [6.07, 6.45) is 0. The van der Waals surface area contributed by atoms with Gasteiger partial charge in [-0.1, -0.05) is 12.2 Å². The zero-order valence-electron chi connectivity index (χ0n) is 11.4. The molecule has 0 saturated heterocycles. The average Bonchev–Trinajstić information content (AvgIpc) is 2.41. The Bertz CT molecular complexity index is 707. The molecular formula is C14H13Br2N3OS. The van der Waals surface area contributed by atoms with Gasteiger partial charge < -0.3 is 15.8 Å². The number of halogens is 2. The van der Waals surface area contributed by atoms with E-state index < -0.39 is 0 Å². The zero-order valence-corrected chi connectivity index (χ0v) is 15.4. The summed E-state index contributed by atoms with van der Waals surface area (Å²) in [7, 11) is 1.62. The van der Waals surface area contributed by atoms with Crippen LogP contribution in [0.3, 0.4) is 0 Å². The molecular weight excluding hydrogens is 418 g/mol. The van der Waals surface area contributed by atoms with Gasteiger partial charge in [0.15, 0.2) is 0 Å². The molecule has 1 aromatic carbocycles. The van der Waals surface area contributed by atoms with Gasteiger partial charge in [-0.25, -0.2) is 4.98 Å². The molecule has 110 valence electrons. The average molecular weight is 431 g/mol. The quantitative estimate of drug-likeness (QED) is 0.708. The van der Waals surface area contributed by atoms with E-state index in [2.05, 4.69) is 42.2 Å². The number of aryl methyl sites for hydroxylation is 1. The Morgan fingerprint density at radius 1 is 1.24 bits per heavy atom. The van der Waals surface area contributed by atoms with Gasteiger partial charge in [-0.2, -0.15) is 0 Å². The highest BCUT2D eigenvalue weighted by Crippen LogP contribution is 2.35. The monoisotopic (exact) mass is 429 g/mol. The van der Waals surface area contributed by atoms with Crippen LogP contribution < -0.4 is 15.8 Å². The molecule has 0 aliphatic rings. The van der Waals surface area contributed by atoms with Crippen molar-refractivity contribution in [1.29, 1.82) is 0 Å². The summed E-state index contributed by atoms with van der Waals surface area (Å²) in [4.78, 5) is 4.77. The summed E-state index contributed by atoms with van der Waals surface area (Å²) in [5, 5.41) is 3.24. The third-order valence-corrected chi connectivity index (χ3v) is 4.25. The second-order valence-corrected chi connectivity index (χ2v) is 6.49. The van der Waals surface area contributed by atoms with Crippen LogP contribution in [0, 0.1) is 6.92 Å². The maximum Gasteiger partial charge on any atom is 0.135 e. The minimum Gasteiger partial charge on any atom is -0.495 e. The number of thiocarbonyl (C=S) groups is 1. The first-order valence-electron chi connectivity index (χ1n) is 5.99. The van der Waals surface area contributed by atoms with E-state index in [1.54, 1.807) is 7.11 Å². The number of benzene rings is 1. The number of anilines is 2. The predicted octanol–water partition coefficient (Wildman–Crippen LogP) is 4.30. The van der Waals surface area contributed by atoms with Crippen molar-refractivity contribution in [3.8, 4) is 5.75 Å². The van der Waals surface area contributed by atoms with Gasteiger partial charge >= 0.3 is 0 Å². The summed E-state index contributed by atoms with van der Waals surface area (Å²) in [6, 6.07) is 7.45. The van der Waals surface area contributed by atoms with E-state index in [0.29, 0.717) is 10.8 Å². The van der Waals surface area contributed by atoms with Gasteiger partial charge in [0.25, 0.3) is 0 Å². The van der Waals surface area contributed by atoms with E-state index in [0.717, 1.165) is 31.6 Å². The van der Waals surface area contributed by atoms with Gasteiger partial charge in [-0.3, -0.25) is 0 Å². The van der Waals surface area contributed by atoms with Crippen molar-refractivity contribution in [2.45, 2.75) is 6.92 Å².